The fourth-order valence-corrected chi connectivity index (χ4v) is 5.06. The number of rotatable bonds is 8. The van der Waals surface area contributed by atoms with E-state index in [-0.39, 0.29) is 5.91 Å². The van der Waals surface area contributed by atoms with Gasteiger partial charge in [-0.25, -0.2) is 0 Å². The van der Waals surface area contributed by atoms with Crippen molar-refractivity contribution in [3.63, 3.8) is 0 Å². The quantitative estimate of drug-likeness (QED) is 0.189. The number of para-hydroxylation sites is 1. The van der Waals surface area contributed by atoms with Crippen molar-refractivity contribution in [3.05, 3.63) is 98.9 Å². The molecule has 1 heterocycles. The number of nitrogens with zero attached hydrogens (tertiary/aromatic N) is 1. The average Bonchev–Trinajstić information content (AvgIpc) is 3.07. The van der Waals surface area contributed by atoms with Crippen LogP contribution >= 0.6 is 35.6 Å². The zero-order valence-corrected chi connectivity index (χ0v) is 21.3. The van der Waals surface area contributed by atoms with Crippen LogP contribution in [-0.4, -0.2) is 28.3 Å². The van der Waals surface area contributed by atoms with E-state index in [4.69, 9.17) is 33.3 Å². The third-order valence-electron chi connectivity index (χ3n) is 5.31. The number of thioether (sulfide) groups is 1. The molecule has 1 fully saturated rings. The van der Waals surface area contributed by atoms with Crippen LogP contribution < -0.4 is 9.47 Å². The second-order valence-electron chi connectivity index (χ2n) is 7.85. The summed E-state index contributed by atoms with van der Waals surface area (Å²) < 4.78 is 12.5. The minimum absolute atomic E-state index is 0.122. The first-order valence-electron chi connectivity index (χ1n) is 10.8. The van der Waals surface area contributed by atoms with Crippen LogP contribution in [0.2, 0.25) is 5.02 Å². The molecule has 1 aliphatic rings. The molecule has 174 valence electrons. The zero-order valence-electron chi connectivity index (χ0n) is 18.9. The van der Waals surface area contributed by atoms with Gasteiger partial charge in [0.15, 0.2) is 0 Å². The van der Waals surface area contributed by atoms with Gasteiger partial charge < -0.3 is 9.47 Å². The number of carbonyl (C=O) groups excluding carboxylic acids is 1. The SMILES string of the molecule is Cc1cccc(C)c1OCCOc1ccc(Cl)cc1/C=C1\SC(=S)N(Cc2ccccc2)C1=O. The van der Waals surface area contributed by atoms with Crippen LogP contribution in [0.3, 0.4) is 0 Å². The summed E-state index contributed by atoms with van der Waals surface area (Å²) in [6.07, 6.45) is 1.79. The Labute approximate surface area is 214 Å². The number of hydrogen-bond donors (Lipinski definition) is 0. The molecule has 1 saturated heterocycles. The number of aryl methyl sites for hydroxylation is 2. The molecule has 0 unspecified atom stereocenters. The topological polar surface area (TPSA) is 38.8 Å². The van der Waals surface area contributed by atoms with Gasteiger partial charge in [0.25, 0.3) is 5.91 Å². The average molecular weight is 510 g/mol. The molecule has 3 aromatic rings. The Bertz CT molecular complexity index is 1220. The van der Waals surface area contributed by atoms with Gasteiger partial charge in [0.05, 0.1) is 11.4 Å². The number of carbonyl (C=O) groups is 1. The van der Waals surface area contributed by atoms with Crippen molar-refractivity contribution in [2.75, 3.05) is 13.2 Å². The van der Waals surface area contributed by atoms with Gasteiger partial charge >= 0.3 is 0 Å². The molecule has 0 spiro atoms. The Balaban J connectivity index is 1.45. The summed E-state index contributed by atoms with van der Waals surface area (Å²) in [6.45, 7) is 5.23. The molecule has 0 saturated carbocycles. The normalized spacial score (nSPS) is 14.7. The van der Waals surface area contributed by atoms with Gasteiger partial charge in [-0.1, -0.05) is 84.1 Å². The van der Waals surface area contributed by atoms with E-state index < -0.39 is 0 Å². The highest BCUT2D eigenvalue weighted by atomic mass is 35.5. The van der Waals surface area contributed by atoms with Gasteiger partial charge in [0.1, 0.15) is 29.0 Å². The van der Waals surface area contributed by atoms with E-state index in [0.717, 1.165) is 28.0 Å². The number of amides is 1. The van der Waals surface area contributed by atoms with Crippen LogP contribution in [0.15, 0.2) is 71.6 Å². The van der Waals surface area contributed by atoms with Crippen LogP contribution in [0.25, 0.3) is 6.08 Å². The lowest BCUT2D eigenvalue weighted by Gasteiger charge is -2.14. The molecule has 1 aliphatic heterocycles. The summed E-state index contributed by atoms with van der Waals surface area (Å²) in [7, 11) is 0. The van der Waals surface area contributed by atoms with Gasteiger partial charge in [-0.05, 0) is 54.8 Å². The molecule has 0 aromatic heterocycles. The largest absolute Gasteiger partial charge is 0.489 e. The molecule has 0 aliphatic carbocycles. The van der Waals surface area contributed by atoms with Crippen LogP contribution in [0, 0.1) is 13.8 Å². The van der Waals surface area contributed by atoms with Gasteiger partial charge in [0.2, 0.25) is 0 Å². The van der Waals surface area contributed by atoms with Crippen molar-refractivity contribution in [1.29, 1.82) is 0 Å². The van der Waals surface area contributed by atoms with Crippen LogP contribution in [0.5, 0.6) is 11.5 Å². The van der Waals surface area contributed by atoms with Crippen molar-refractivity contribution in [1.82, 2.24) is 4.90 Å². The van der Waals surface area contributed by atoms with Crippen LogP contribution in [-0.2, 0) is 11.3 Å². The van der Waals surface area contributed by atoms with E-state index in [9.17, 15) is 4.79 Å². The van der Waals surface area contributed by atoms with E-state index >= 15 is 0 Å². The number of halogens is 1. The smallest absolute Gasteiger partial charge is 0.266 e. The zero-order chi connectivity index (χ0) is 24.1. The molecule has 0 N–H and O–H groups in total. The molecular weight excluding hydrogens is 486 g/mol. The van der Waals surface area contributed by atoms with Crippen molar-refractivity contribution in [2.24, 2.45) is 0 Å². The van der Waals surface area contributed by atoms with E-state index in [1.165, 1.54) is 11.8 Å². The summed E-state index contributed by atoms with van der Waals surface area (Å²) in [5, 5.41) is 0.560. The number of hydrogen-bond acceptors (Lipinski definition) is 5. The highest BCUT2D eigenvalue weighted by Gasteiger charge is 2.32. The number of ether oxygens (including phenoxy) is 2. The fourth-order valence-electron chi connectivity index (χ4n) is 3.63. The monoisotopic (exact) mass is 509 g/mol. The highest BCUT2D eigenvalue weighted by Crippen LogP contribution is 2.36. The maximum absolute atomic E-state index is 13.1. The minimum atomic E-state index is -0.122. The first-order valence-corrected chi connectivity index (χ1v) is 12.4. The van der Waals surface area contributed by atoms with Gasteiger partial charge in [-0.2, -0.15) is 0 Å². The molecule has 0 radical (unpaired) electrons. The van der Waals surface area contributed by atoms with Gasteiger partial charge in [0, 0.05) is 10.6 Å². The number of benzene rings is 3. The third kappa shape index (κ3) is 5.81. The van der Waals surface area contributed by atoms with Crippen molar-refractivity contribution in [2.45, 2.75) is 20.4 Å². The maximum atomic E-state index is 13.1. The molecule has 34 heavy (non-hydrogen) atoms. The molecular formula is C27H24ClNO3S2. The first-order chi connectivity index (χ1) is 16.4. The summed E-state index contributed by atoms with van der Waals surface area (Å²) in [5.74, 6) is 1.38. The Morgan fingerprint density at radius 3 is 2.41 bits per heavy atom. The first kappa shape index (κ1) is 24.3. The molecule has 4 rings (SSSR count). The van der Waals surface area contributed by atoms with Crippen molar-refractivity contribution in [3.8, 4) is 11.5 Å². The van der Waals surface area contributed by atoms with E-state index in [1.54, 1.807) is 29.2 Å². The molecule has 7 heteroatoms. The molecule has 4 nitrogen and oxygen atoms in total. The third-order valence-corrected chi connectivity index (χ3v) is 6.92. The lowest BCUT2D eigenvalue weighted by atomic mass is 10.1. The lowest BCUT2D eigenvalue weighted by Crippen LogP contribution is -2.27. The summed E-state index contributed by atoms with van der Waals surface area (Å²) in [4.78, 5) is 15.2. The van der Waals surface area contributed by atoms with Gasteiger partial charge in [-0.15, -0.1) is 0 Å². The predicted octanol–water partition coefficient (Wildman–Crippen LogP) is 6.82. The Morgan fingerprint density at radius 2 is 1.68 bits per heavy atom. The maximum Gasteiger partial charge on any atom is 0.266 e. The predicted molar refractivity (Wildman–Crippen MR) is 144 cm³/mol. The standard InChI is InChI=1S/C27H24ClNO3S2/c1-18-7-6-8-19(2)25(18)32-14-13-31-23-12-11-22(28)15-21(23)16-24-26(30)29(27(33)34-24)17-20-9-4-3-5-10-20/h3-12,15-16H,13-14,17H2,1-2H3/b24-16-. The van der Waals surface area contributed by atoms with E-state index in [2.05, 4.69) is 0 Å². The Morgan fingerprint density at radius 1 is 0.971 bits per heavy atom. The number of thiocarbonyl (C=S) groups is 1. The molecule has 0 bridgehead atoms. The van der Waals surface area contributed by atoms with Crippen LogP contribution in [0.1, 0.15) is 22.3 Å². The van der Waals surface area contributed by atoms with Crippen molar-refractivity contribution >= 4 is 51.9 Å². The van der Waals surface area contributed by atoms with Gasteiger partial charge in [-0.3, -0.25) is 9.69 Å². The van der Waals surface area contributed by atoms with Crippen molar-refractivity contribution < 1.29 is 14.3 Å². The summed E-state index contributed by atoms with van der Waals surface area (Å²) in [6, 6.07) is 21.2. The molecule has 1 amide bonds. The summed E-state index contributed by atoms with van der Waals surface area (Å²) >= 11 is 13.0. The Hall–Kier alpha value is -2.80. The van der Waals surface area contributed by atoms with Crippen LogP contribution in [0.4, 0.5) is 0 Å². The van der Waals surface area contributed by atoms with E-state index in [0.29, 0.717) is 39.8 Å². The molecule has 0 atom stereocenters. The second kappa shape index (κ2) is 11.1. The van der Waals surface area contributed by atoms with E-state index in [1.807, 2.05) is 62.4 Å². The second-order valence-corrected chi connectivity index (χ2v) is 9.97. The summed E-state index contributed by atoms with van der Waals surface area (Å²) in [5.41, 5.74) is 3.92. The molecule has 3 aromatic carbocycles. The Kier molecular flexibility index (Phi) is 7.93. The lowest BCUT2D eigenvalue weighted by molar-refractivity contribution is -0.122. The minimum Gasteiger partial charge on any atom is -0.489 e. The highest BCUT2D eigenvalue weighted by molar-refractivity contribution is 8.26. The fraction of sp³-hybridized carbons (Fsp3) is 0.185.